The Kier molecular flexibility index (Phi) is 3.65. The second kappa shape index (κ2) is 4.96. The fourth-order valence-electron chi connectivity index (χ4n) is 1.00. The number of anilines is 1. The second-order valence-corrected chi connectivity index (χ2v) is 3.04. The predicted octanol–water partition coefficient (Wildman–Crippen LogP) is -0.454. The smallest absolute Gasteiger partial charge is 0.318 e. The van der Waals surface area contributed by atoms with Crippen molar-refractivity contribution in [3.63, 3.8) is 0 Å². The van der Waals surface area contributed by atoms with Gasteiger partial charge in [-0.15, -0.1) is 0 Å². The summed E-state index contributed by atoms with van der Waals surface area (Å²) in [5.74, 6) is -0.176. The van der Waals surface area contributed by atoms with Crippen molar-refractivity contribution in [1.29, 1.82) is 0 Å². The van der Waals surface area contributed by atoms with Crippen molar-refractivity contribution in [2.75, 3.05) is 12.3 Å². The standard InChI is InChI=1S/C9H12N4O3/c1-5-2-3-6(8(10)12-5)16-4-7(14)13-9(11)15/h2-3H,4H2,1H3,(H2,10,12)(H3,11,13,14,15). The molecule has 1 aromatic heterocycles. The Morgan fingerprint density at radius 1 is 1.50 bits per heavy atom. The molecule has 1 rings (SSSR count). The third-order valence-corrected chi connectivity index (χ3v) is 1.65. The highest BCUT2D eigenvalue weighted by Gasteiger charge is 2.07. The Labute approximate surface area is 91.8 Å². The number of carbonyl (C=O) groups excluding carboxylic acids is 2. The van der Waals surface area contributed by atoms with Crippen LogP contribution in [-0.4, -0.2) is 23.5 Å². The van der Waals surface area contributed by atoms with Gasteiger partial charge in [-0.2, -0.15) is 0 Å². The van der Waals surface area contributed by atoms with E-state index >= 15 is 0 Å². The highest BCUT2D eigenvalue weighted by Crippen LogP contribution is 2.18. The fraction of sp³-hybridized carbons (Fsp3) is 0.222. The minimum atomic E-state index is -0.927. The number of imide groups is 1. The molecule has 7 nitrogen and oxygen atoms in total. The third-order valence-electron chi connectivity index (χ3n) is 1.65. The first-order valence-electron chi connectivity index (χ1n) is 4.44. The van der Waals surface area contributed by atoms with Crippen LogP contribution in [0.3, 0.4) is 0 Å². The van der Waals surface area contributed by atoms with E-state index in [-0.39, 0.29) is 18.2 Å². The van der Waals surface area contributed by atoms with Crippen LogP contribution < -0.4 is 21.5 Å². The normalized spacial score (nSPS) is 9.56. The van der Waals surface area contributed by atoms with E-state index in [0.717, 1.165) is 5.69 Å². The molecule has 0 aliphatic rings. The van der Waals surface area contributed by atoms with E-state index in [9.17, 15) is 9.59 Å². The zero-order valence-electron chi connectivity index (χ0n) is 8.69. The third kappa shape index (κ3) is 3.45. The largest absolute Gasteiger partial charge is 0.480 e. The number of carbonyl (C=O) groups is 2. The maximum absolute atomic E-state index is 11.0. The molecule has 0 aromatic carbocycles. The fourth-order valence-corrected chi connectivity index (χ4v) is 1.00. The van der Waals surface area contributed by atoms with Gasteiger partial charge in [-0.05, 0) is 19.1 Å². The van der Waals surface area contributed by atoms with Gasteiger partial charge in [-0.25, -0.2) is 9.78 Å². The van der Waals surface area contributed by atoms with Crippen LogP contribution in [0.25, 0.3) is 0 Å². The number of nitrogens with zero attached hydrogens (tertiary/aromatic N) is 1. The van der Waals surface area contributed by atoms with Crippen molar-refractivity contribution in [2.45, 2.75) is 6.92 Å². The van der Waals surface area contributed by atoms with E-state index in [0.29, 0.717) is 0 Å². The molecule has 1 aromatic rings. The molecule has 7 heteroatoms. The SMILES string of the molecule is Cc1ccc(OCC(=O)NC(N)=O)c(N)n1. The molecule has 0 fully saturated rings. The van der Waals surface area contributed by atoms with Crippen molar-refractivity contribution < 1.29 is 14.3 Å². The Morgan fingerprint density at radius 2 is 2.19 bits per heavy atom. The minimum Gasteiger partial charge on any atom is -0.480 e. The maximum atomic E-state index is 11.0. The molecule has 1 heterocycles. The molecule has 0 saturated heterocycles. The lowest BCUT2D eigenvalue weighted by molar-refractivity contribution is -0.121. The number of urea groups is 1. The summed E-state index contributed by atoms with van der Waals surface area (Å²) >= 11 is 0. The van der Waals surface area contributed by atoms with Crippen molar-refractivity contribution in [1.82, 2.24) is 10.3 Å². The van der Waals surface area contributed by atoms with Crippen LogP contribution in [0, 0.1) is 6.92 Å². The molecule has 0 atom stereocenters. The highest BCUT2D eigenvalue weighted by molar-refractivity contribution is 5.94. The molecular weight excluding hydrogens is 212 g/mol. The molecule has 0 aliphatic carbocycles. The van der Waals surface area contributed by atoms with E-state index < -0.39 is 11.9 Å². The van der Waals surface area contributed by atoms with Gasteiger partial charge in [0.1, 0.15) is 0 Å². The first-order chi connectivity index (χ1) is 7.49. The van der Waals surface area contributed by atoms with Crippen LogP contribution >= 0.6 is 0 Å². The number of nitrogens with one attached hydrogen (secondary N) is 1. The Morgan fingerprint density at radius 3 is 2.75 bits per heavy atom. The monoisotopic (exact) mass is 224 g/mol. The summed E-state index contributed by atoms with van der Waals surface area (Å²) in [5.41, 5.74) is 11.0. The van der Waals surface area contributed by atoms with Crippen molar-refractivity contribution in [3.05, 3.63) is 17.8 Å². The number of ether oxygens (including phenoxy) is 1. The molecule has 86 valence electrons. The molecule has 5 N–H and O–H groups in total. The number of nitrogens with two attached hydrogens (primary N) is 2. The summed E-state index contributed by atoms with van der Waals surface area (Å²) in [5, 5.41) is 1.86. The Balaban J connectivity index is 2.54. The van der Waals surface area contributed by atoms with Gasteiger partial charge >= 0.3 is 6.03 Å². The lowest BCUT2D eigenvalue weighted by Crippen LogP contribution is -2.38. The van der Waals surface area contributed by atoms with Gasteiger partial charge in [0.2, 0.25) is 0 Å². The van der Waals surface area contributed by atoms with Gasteiger partial charge in [0.05, 0.1) is 0 Å². The molecule has 0 aliphatic heterocycles. The average molecular weight is 224 g/mol. The molecular formula is C9H12N4O3. The van der Waals surface area contributed by atoms with Crippen molar-refractivity contribution >= 4 is 17.8 Å². The molecule has 0 spiro atoms. The quantitative estimate of drug-likeness (QED) is 0.641. The molecule has 16 heavy (non-hydrogen) atoms. The summed E-state index contributed by atoms with van der Waals surface area (Å²) in [6, 6.07) is 2.36. The molecule has 0 radical (unpaired) electrons. The molecule has 0 saturated carbocycles. The van der Waals surface area contributed by atoms with Crippen LogP contribution in [0.5, 0.6) is 5.75 Å². The summed E-state index contributed by atoms with van der Waals surface area (Å²) in [6.45, 7) is 1.43. The number of hydrogen-bond donors (Lipinski definition) is 3. The summed E-state index contributed by atoms with van der Waals surface area (Å²) in [6.07, 6.45) is 0. The van der Waals surface area contributed by atoms with Gasteiger partial charge in [-0.1, -0.05) is 0 Å². The number of aryl methyl sites for hydroxylation is 1. The topological polar surface area (TPSA) is 120 Å². The second-order valence-electron chi connectivity index (χ2n) is 3.04. The number of rotatable bonds is 3. The Bertz CT molecular complexity index is 419. The van der Waals surface area contributed by atoms with Gasteiger partial charge in [0, 0.05) is 5.69 Å². The lowest BCUT2D eigenvalue weighted by Gasteiger charge is -2.07. The zero-order chi connectivity index (χ0) is 12.1. The number of nitrogen functional groups attached to an aromatic ring is 1. The summed E-state index contributed by atoms with van der Waals surface area (Å²) in [4.78, 5) is 25.3. The van der Waals surface area contributed by atoms with Gasteiger partial charge in [-0.3, -0.25) is 10.1 Å². The van der Waals surface area contributed by atoms with E-state index in [4.69, 9.17) is 16.2 Å². The maximum Gasteiger partial charge on any atom is 0.318 e. The highest BCUT2D eigenvalue weighted by atomic mass is 16.5. The summed E-state index contributed by atoms with van der Waals surface area (Å²) < 4.78 is 5.05. The van der Waals surface area contributed by atoms with Gasteiger partial charge in [0.25, 0.3) is 5.91 Å². The Hall–Kier alpha value is -2.31. The predicted molar refractivity (Wildman–Crippen MR) is 56.6 cm³/mol. The summed E-state index contributed by atoms with van der Waals surface area (Å²) in [7, 11) is 0. The number of pyridine rings is 1. The molecule has 0 bridgehead atoms. The van der Waals surface area contributed by atoms with E-state index in [1.807, 2.05) is 5.32 Å². The minimum absolute atomic E-state index is 0.187. The number of primary amides is 1. The van der Waals surface area contributed by atoms with Crippen LogP contribution in [0.15, 0.2) is 12.1 Å². The van der Waals surface area contributed by atoms with Gasteiger partial charge in [0.15, 0.2) is 18.2 Å². The zero-order valence-corrected chi connectivity index (χ0v) is 8.69. The molecule has 0 unspecified atom stereocenters. The van der Waals surface area contributed by atoms with Gasteiger partial charge < -0.3 is 16.2 Å². The number of amides is 3. The van der Waals surface area contributed by atoms with Crippen LogP contribution in [0.4, 0.5) is 10.6 Å². The van der Waals surface area contributed by atoms with Crippen molar-refractivity contribution in [2.24, 2.45) is 5.73 Å². The molecule has 3 amide bonds. The van der Waals surface area contributed by atoms with Crippen LogP contribution in [-0.2, 0) is 4.79 Å². The van der Waals surface area contributed by atoms with Crippen LogP contribution in [0.2, 0.25) is 0 Å². The first-order valence-corrected chi connectivity index (χ1v) is 4.44. The van der Waals surface area contributed by atoms with Crippen molar-refractivity contribution in [3.8, 4) is 5.75 Å². The first kappa shape index (κ1) is 11.8. The van der Waals surface area contributed by atoms with E-state index in [2.05, 4.69) is 4.98 Å². The number of hydrogen-bond acceptors (Lipinski definition) is 5. The van der Waals surface area contributed by atoms with E-state index in [1.165, 1.54) is 0 Å². The van der Waals surface area contributed by atoms with Crippen LogP contribution in [0.1, 0.15) is 5.69 Å². The van der Waals surface area contributed by atoms with E-state index in [1.54, 1.807) is 19.1 Å². The average Bonchev–Trinajstić information content (AvgIpc) is 2.15. The number of aromatic nitrogens is 1. The lowest BCUT2D eigenvalue weighted by atomic mass is 10.3.